The van der Waals surface area contributed by atoms with Gasteiger partial charge in [-0.1, -0.05) is 15.9 Å². The second kappa shape index (κ2) is 5.23. The van der Waals surface area contributed by atoms with Gasteiger partial charge >= 0.3 is 0 Å². The number of benzene rings is 1. The number of hydrogen-bond donors (Lipinski definition) is 0. The van der Waals surface area contributed by atoms with Crippen molar-refractivity contribution in [1.29, 1.82) is 0 Å². The van der Waals surface area contributed by atoms with Crippen LogP contribution in [0.1, 0.15) is 5.69 Å². The Morgan fingerprint density at radius 2 is 2.18 bits per heavy atom. The molecule has 0 atom stereocenters. The minimum Gasteiger partial charge on any atom is -0.494 e. The molecule has 0 saturated heterocycles. The Morgan fingerprint density at radius 3 is 2.88 bits per heavy atom. The van der Waals surface area contributed by atoms with Crippen molar-refractivity contribution in [2.24, 2.45) is 0 Å². The average Bonchev–Trinajstić information content (AvgIpc) is 2.39. The van der Waals surface area contributed by atoms with E-state index in [4.69, 9.17) is 4.74 Å². The van der Waals surface area contributed by atoms with Crippen LogP contribution in [0.15, 0.2) is 30.5 Å². The second-order valence-corrected chi connectivity index (χ2v) is 3.92. The maximum absolute atomic E-state index is 13.3. The molecule has 0 fully saturated rings. The normalized spacial score (nSPS) is 10.3. The molecular weight excluding hydrogens is 287 g/mol. The lowest BCUT2D eigenvalue weighted by Crippen LogP contribution is -1.94. The summed E-state index contributed by atoms with van der Waals surface area (Å²) in [6.07, 6.45) is 1.68. The van der Waals surface area contributed by atoms with E-state index >= 15 is 0 Å². The lowest BCUT2D eigenvalue weighted by Gasteiger charge is -2.05. The molecular formula is C12H10BrFN2O. The number of ether oxygens (including phenoxy) is 1. The highest BCUT2D eigenvalue weighted by Gasteiger charge is 2.07. The van der Waals surface area contributed by atoms with E-state index in [-0.39, 0.29) is 5.75 Å². The minimum absolute atomic E-state index is 0.190. The fourth-order valence-corrected chi connectivity index (χ4v) is 1.72. The largest absolute Gasteiger partial charge is 0.494 e. The van der Waals surface area contributed by atoms with E-state index in [2.05, 4.69) is 25.9 Å². The molecule has 2 aromatic rings. The van der Waals surface area contributed by atoms with E-state index in [1.165, 1.54) is 13.2 Å². The number of rotatable bonds is 3. The van der Waals surface area contributed by atoms with Crippen molar-refractivity contribution in [3.63, 3.8) is 0 Å². The molecule has 0 bridgehead atoms. The van der Waals surface area contributed by atoms with Crippen LogP contribution in [0.4, 0.5) is 4.39 Å². The van der Waals surface area contributed by atoms with Gasteiger partial charge in [-0.2, -0.15) is 0 Å². The Balaban J connectivity index is 2.45. The molecule has 0 radical (unpaired) electrons. The molecule has 17 heavy (non-hydrogen) atoms. The van der Waals surface area contributed by atoms with Gasteiger partial charge in [-0.25, -0.2) is 14.4 Å². The Bertz CT molecular complexity index is 534. The maximum Gasteiger partial charge on any atom is 0.165 e. The van der Waals surface area contributed by atoms with Gasteiger partial charge in [-0.15, -0.1) is 0 Å². The van der Waals surface area contributed by atoms with Crippen LogP contribution in [0.2, 0.25) is 0 Å². The van der Waals surface area contributed by atoms with Crippen LogP contribution in [-0.2, 0) is 5.33 Å². The first-order chi connectivity index (χ1) is 8.24. The van der Waals surface area contributed by atoms with Crippen LogP contribution in [-0.4, -0.2) is 17.1 Å². The molecule has 1 aromatic heterocycles. The summed E-state index contributed by atoms with van der Waals surface area (Å²) in [5.74, 6) is 0.350. The van der Waals surface area contributed by atoms with Crippen LogP contribution in [0.3, 0.4) is 0 Å². The third-order valence-corrected chi connectivity index (χ3v) is 2.83. The number of alkyl halides is 1. The first-order valence-corrected chi connectivity index (χ1v) is 6.08. The lowest BCUT2D eigenvalue weighted by molar-refractivity contribution is 0.387. The summed E-state index contributed by atoms with van der Waals surface area (Å²) in [5, 5.41) is 0.654. The first kappa shape index (κ1) is 12.0. The minimum atomic E-state index is -0.395. The molecule has 0 aliphatic rings. The Morgan fingerprint density at radius 1 is 1.35 bits per heavy atom. The highest BCUT2D eigenvalue weighted by Crippen LogP contribution is 2.24. The van der Waals surface area contributed by atoms with Crippen molar-refractivity contribution in [2.75, 3.05) is 7.11 Å². The average molecular weight is 297 g/mol. The third-order valence-electron chi connectivity index (χ3n) is 2.26. The summed E-state index contributed by atoms with van der Waals surface area (Å²) < 4.78 is 18.2. The third kappa shape index (κ3) is 2.61. The van der Waals surface area contributed by atoms with Crippen molar-refractivity contribution < 1.29 is 9.13 Å². The van der Waals surface area contributed by atoms with Crippen LogP contribution in [0.5, 0.6) is 5.75 Å². The van der Waals surface area contributed by atoms with Gasteiger partial charge in [0, 0.05) is 17.1 Å². The standard InChI is InChI=1S/C12H10BrFN2O/c1-17-11-6-8(2-3-10(11)14)12-15-5-4-9(7-13)16-12/h2-6H,7H2,1H3. The fraction of sp³-hybridized carbons (Fsp3) is 0.167. The van der Waals surface area contributed by atoms with Crippen molar-refractivity contribution in [3.05, 3.63) is 42.0 Å². The highest BCUT2D eigenvalue weighted by molar-refractivity contribution is 9.08. The van der Waals surface area contributed by atoms with Gasteiger partial charge in [-0.05, 0) is 24.3 Å². The molecule has 1 heterocycles. The van der Waals surface area contributed by atoms with E-state index < -0.39 is 5.82 Å². The molecule has 0 unspecified atom stereocenters. The van der Waals surface area contributed by atoms with E-state index in [0.717, 1.165) is 11.3 Å². The predicted octanol–water partition coefficient (Wildman–Crippen LogP) is 3.19. The van der Waals surface area contributed by atoms with Crippen molar-refractivity contribution in [3.8, 4) is 17.1 Å². The van der Waals surface area contributed by atoms with E-state index in [9.17, 15) is 4.39 Å². The molecule has 5 heteroatoms. The van der Waals surface area contributed by atoms with Gasteiger partial charge in [0.1, 0.15) is 0 Å². The van der Waals surface area contributed by atoms with E-state index in [0.29, 0.717) is 11.2 Å². The summed E-state index contributed by atoms with van der Waals surface area (Å²) in [4.78, 5) is 8.48. The van der Waals surface area contributed by atoms with Crippen LogP contribution >= 0.6 is 15.9 Å². The molecule has 88 valence electrons. The highest BCUT2D eigenvalue weighted by atomic mass is 79.9. The molecule has 1 aromatic carbocycles. The Labute approximate surface area is 107 Å². The quantitative estimate of drug-likeness (QED) is 0.816. The number of halogens is 2. The molecule has 0 amide bonds. The smallest absolute Gasteiger partial charge is 0.165 e. The monoisotopic (exact) mass is 296 g/mol. The molecule has 3 nitrogen and oxygen atoms in total. The number of nitrogens with zero attached hydrogens (tertiary/aromatic N) is 2. The summed E-state index contributed by atoms with van der Waals surface area (Å²) in [6, 6.07) is 6.38. The zero-order chi connectivity index (χ0) is 12.3. The summed E-state index contributed by atoms with van der Waals surface area (Å²) in [6.45, 7) is 0. The van der Waals surface area contributed by atoms with Gasteiger partial charge < -0.3 is 4.74 Å². The van der Waals surface area contributed by atoms with Crippen molar-refractivity contribution in [2.45, 2.75) is 5.33 Å². The van der Waals surface area contributed by atoms with E-state index in [1.807, 2.05) is 6.07 Å². The van der Waals surface area contributed by atoms with Crippen LogP contribution < -0.4 is 4.74 Å². The topological polar surface area (TPSA) is 35.0 Å². The maximum atomic E-state index is 13.3. The second-order valence-electron chi connectivity index (χ2n) is 3.35. The van der Waals surface area contributed by atoms with Gasteiger partial charge in [-0.3, -0.25) is 0 Å². The lowest BCUT2D eigenvalue weighted by atomic mass is 10.2. The summed E-state index contributed by atoms with van der Waals surface area (Å²) >= 11 is 3.33. The van der Waals surface area contributed by atoms with E-state index in [1.54, 1.807) is 18.3 Å². The van der Waals surface area contributed by atoms with Gasteiger partial charge in [0.05, 0.1) is 12.8 Å². The van der Waals surface area contributed by atoms with Gasteiger partial charge in [0.25, 0.3) is 0 Å². The molecule has 0 aliphatic heterocycles. The molecule has 2 rings (SSSR count). The SMILES string of the molecule is COc1cc(-c2nccc(CBr)n2)ccc1F. The zero-order valence-electron chi connectivity index (χ0n) is 9.15. The van der Waals surface area contributed by atoms with Gasteiger partial charge in [0.15, 0.2) is 17.4 Å². The number of aromatic nitrogens is 2. The molecule has 0 spiro atoms. The van der Waals surface area contributed by atoms with Crippen molar-refractivity contribution in [1.82, 2.24) is 9.97 Å². The molecule has 0 N–H and O–H groups in total. The summed E-state index contributed by atoms with van der Waals surface area (Å²) in [7, 11) is 1.43. The van der Waals surface area contributed by atoms with Crippen LogP contribution in [0.25, 0.3) is 11.4 Å². The zero-order valence-corrected chi connectivity index (χ0v) is 10.7. The molecule has 0 saturated carbocycles. The Kier molecular flexibility index (Phi) is 3.68. The first-order valence-electron chi connectivity index (χ1n) is 4.96. The van der Waals surface area contributed by atoms with Crippen molar-refractivity contribution >= 4 is 15.9 Å². The predicted molar refractivity (Wildman–Crippen MR) is 66.6 cm³/mol. The fourth-order valence-electron chi connectivity index (χ4n) is 1.41. The number of methoxy groups -OCH3 is 1. The summed E-state index contributed by atoms with van der Waals surface area (Å²) in [5.41, 5.74) is 1.60. The van der Waals surface area contributed by atoms with Gasteiger partial charge in [0.2, 0.25) is 0 Å². The number of hydrogen-bond acceptors (Lipinski definition) is 3. The van der Waals surface area contributed by atoms with Crippen LogP contribution in [0, 0.1) is 5.82 Å². The molecule has 0 aliphatic carbocycles. The Hall–Kier alpha value is -1.49.